The highest BCUT2D eigenvalue weighted by Gasteiger charge is 2.10. The Balaban J connectivity index is 1.68. The summed E-state index contributed by atoms with van der Waals surface area (Å²) < 4.78 is 10.2. The number of ether oxygens (including phenoxy) is 2. The molecule has 3 aromatic rings. The molecule has 0 bridgehead atoms. The highest BCUT2D eigenvalue weighted by Crippen LogP contribution is 2.36. The van der Waals surface area contributed by atoms with Gasteiger partial charge in [-0.15, -0.1) is 0 Å². The maximum atomic E-state index is 12.3. The monoisotopic (exact) mass is 392 g/mol. The van der Waals surface area contributed by atoms with Crippen molar-refractivity contribution in [3.8, 4) is 34.1 Å². The molecule has 0 fully saturated rings. The number of nitrogens with one attached hydrogen (secondary N) is 1. The van der Waals surface area contributed by atoms with Crippen LogP contribution in [-0.4, -0.2) is 36.6 Å². The molecule has 0 aliphatic rings. The van der Waals surface area contributed by atoms with Crippen molar-refractivity contribution in [3.05, 3.63) is 71.8 Å². The van der Waals surface area contributed by atoms with E-state index in [0.29, 0.717) is 11.1 Å². The van der Waals surface area contributed by atoms with E-state index in [9.17, 15) is 15.0 Å². The van der Waals surface area contributed by atoms with Crippen LogP contribution in [0.5, 0.6) is 23.0 Å². The van der Waals surface area contributed by atoms with Crippen molar-refractivity contribution >= 4 is 12.1 Å². The molecule has 3 N–H and O–H groups in total. The number of aromatic hydroxyl groups is 2. The Bertz CT molecular complexity index is 1000. The molecule has 0 aliphatic carbocycles. The molecule has 0 aromatic heterocycles. The van der Waals surface area contributed by atoms with E-state index in [2.05, 4.69) is 10.5 Å². The molecule has 0 saturated carbocycles. The number of phenols is 2. The summed E-state index contributed by atoms with van der Waals surface area (Å²) in [5.74, 6) is 0.205. The number of benzene rings is 3. The molecule has 7 heteroatoms. The van der Waals surface area contributed by atoms with Crippen LogP contribution in [-0.2, 0) is 0 Å². The van der Waals surface area contributed by atoms with E-state index in [1.165, 1.54) is 20.4 Å². The van der Waals surface area contributed by atoms with Crippen LogP contribution in [0, 0.1) is 0 Å². The number of carbonyl (C=O) groups is 1. The van der Waals surface area contributed by atoms with Crippen molar-refractivity contribution in [2.75, 3.05) is 14.2 Å². The molecule has 0 heterocycles. The van der Waals surface area contributed by atoms with Gasteiger partial charge in [-0.3, -0.25) is 4.79 Å². The van der Waals surface area contributed by atoms with Gasteiger partial charge in [0.2, 0.25) is 5.75 Å². The Morgan fingerprint density at radius 2 is 1.41 bits per heavy atom. The van der Waals surface area contributed by atoms with Crippen LogP contribution in [0.3, 0.4) is 0 Å². The Hall–Kier alpha value is -4.00. The van der Waals surface area contributed by atoms with Crippen LogP contribution < -0.4 is 14.9 Å². The molecule has 0 radical (unpaired) electrons. The minimum absolute atomic E-state index is 0.107. The predicted octanol–water partition coefficient (Wildman–Crippen LogP) is 3.55. The number of amides is 1. The van der Waals surface area contributed by atoms with Gasteiger partial charge < -0.3 is 19.7 Å². The zero-order valence-corrected chi connectivity index (χ0v) is 15.9. The third-order valence-corrected chi connectivity index (χ3v) is 4.23. The number of hydrogen-bond donors (Lipinski definition) is 3. The van der Waals surface area contributed by atoms with Crippen LogP contribution in [0.1, 0.15) is 15.9 Å². The first-order chi connectivity index (χ1) is 14.0. The molecule has 3 rings (SSSR count). The van der Waals surface area contributed by atoms with Crippen LogP contribution in [0.15, 0.2) is 65.8 Å². The van der Waals surface area contributed by atoms with Crippen molar-refractivity contribution in [2.45, 2.75) is 0 Å². The van der Waals surface area contributed by atoms with Gasteiger partial charge in [-0.1, -0.05) is 24.3 Å². The van der Waals surface area contributed by atoms with Crippen molar-refractivity contribution in [3.63, 3.8) is 0 Å². The molecule has 0 atom stereocenters. The second-order valence-corrected chi connectivity index (χ2v) is 6.10. The molecular weight excluding hydrogens is 372 g/mol. The first kappa shape index (κ1) is 19.8. The Kier molecular flexibility index (Phi) is 5.99. The van der Waals surface area contributed by atoms with Crippen molar-refractivity contribution in [1.82, 2.24) is 5.43 Å². The fourth-order valence-corrected chi connectivity index (χ4v) is 2.69. The smallest absolute Gasteiger partial charge is 0.271 e. The Morgan fingerprint density at radius 3 is 1.93 bits per heavy atom. The van der Waals surface area contributed by atoms with Gasteiger partial charge in [-0.2, -0.15) is 5.10 Å². The summed E-state index contributed by atoms with van der Waals surface area (Å²) >= 11 is 0. The van der Waals surface area contributed by atoms with Crippen LogP contribution in [0.2, 0.25) is 0 Å². The third kappa shape index (κ3) is 4.65. The fourth-order valence-electron chi connectivity index (χ4n) is 2.69. The first-order valence-electron chi connectivity index (χ1n) is 8.69. The molecule has 148 valence electrons. The number of nitrogens with zero attached hydrogens (tertiary/aromatic N) is 1. The quantitative estimate of drug-likeness (QED) is 0.440. The molecular formula is C22H20N2O5. The fraction of sp³-hybridized carbons (Fsp3) is 0.0909. The summed E-state index contributed by atoms with van der Waals surface area (Å²) in [7, 11) is 2.86. The van der Waals surface area contributed by atoms with Crippen molar-refractivity contribution in [2.24, 2.45) is 5.10 Å². The summed E-state index contributed by atoms with van der Waals surface area (Å²) in [6, 6.07) is 17.0. The summed E-state index contributed by atoms with van der Waals surface area (Å²) in [5.41, 5.74) is 5.35. The van der Waals surface area contributed by atoms with E-state index >= 15 is 0 Å². The lowest BCUT2D eigenvalue weighted by Gasteiger charge is -2.09. The SMILES string of the molecule is COc1cc(C=NNC(=O)c2ccc(-c3ccc(O)cc3)cc2)cc(OC)c1O. The van der Waals surface area contributed by atoms with Crippen molar-refractivity contribution < 1.29 is 24.5 Å². The number of carbonyl (C=O) groups excluding carboxylic acids is 1. The molecule has 29 heavy (non-hydrogen) atoms. The van der Waals surface area contributed by atoms with Crippen molar-refractivity contribution in [1.29, 1.82) is 0 Å². The number of hydrazone groups is 1. The zero-order valence-electron chi connectivity index (χ0n) is 15.9. The standard InChI is InChI=1S/C22H20N2O5/c1-28-19-11-14(12-20(29-2)21(19)26)13-23-24-22(27)17-5-3-15(4-6-17)16-7-9-18(25)10-8-16/h3-13,25-26H,1-2H3,(H,24,27). The lowest BCUT2D eigenvalue weighted by Crippen LogP contribution is -2.17. The van der Waals surface area contributed by atoms with Gasteiger partial charge >= 0.3 is 0 Å². The van der Waals surface area contributed by atoms with Gasteiger partial charge in [0.25, 0.3) is 5.91 Å². The van der Waals surface area contributed by atoms with Gasteiger partial charge in [0.1, 0.15) is 5.75 Å². The summed E-state index contributed by atoms with van der Waals surface area (Å²) in [5, 5.41) is 23.2. The minimum Gasteiger partial charge on any atom is -0.508 e. The lowest BCUT2D eigenvalue weighted by atomic mass is 10.0. The van der Waals surface area contributed by atoms with Crippen LogP contribution >= 0.6 is 0 Å². The Labute approximate surface area is 167 Å². The summed E-state index contributed by atoms with van der Waals surface area (Å²) in [6.45, 7) is 0. The highest BCUT2D eigenvalue weighted by atomic mass is 16.5. The number of rotatable bonds is 6. The third-order valence-electron chi connectivity index (χ3n) is 4.23. The number of phenolic OH excluding ortho intramolecular Hbond substituents is 2. The normalized spacial score (nSPS) is 10.7. The molecule has 0 unspecified atom stereocenters. The Morgan fingerprint density at radius 1 is 0.897 bits per heavy atom. The number of hydrogen-bond acceptors (Lipinski definition) is 6. The maximum Gasteiger partial charge on any atom is 0.271 e. The van der Waals surface area contributed by atoms with E-state index in [1.807, 2.05) is 12.1 Å². The van der Waals surface area contributed by atoms with E-state index in [0.717, 1.165) is 11.1 Å². The van der Waals surface area contributed by atoms with Gasteiger partial charge in [-0.25, -0.2) is 5.43 Å². The van der Waals surface area contributed by atoms with E-state index in [1.54, 1.807) is 48.5 Å². The molecule has 7 nitrogen and oxygen atoms in total. The number of methoxy groups -OCH3 is 2. The van der Waals surface area contributed by atoms with E-state index in [-0.39, 0.29) is 28.9 Å². The second-order valence-electron chi connectivity index (χ2n) is 6.10. The second kappa shape index (κ2) is 8.79. The van der Waals surface area contributed by atoms with Crippen LogP contribution in [0.25, 0.3) is 11.1 Å². The van der Waals surface area contributed by atoms with E-state index < -0.39 is 0 Å². The highest BCUT2D eigenvalue weighted by molar-refractivity contribution is 5.95. The summed E-state index contributed by atoms with van der Waals surface area (Å²) in [4.78, 5) is 12.3. The molecule has 3 aromatic carbocycles. The summed E-state index contributed by atoms with van der Waals surface area (Å²) in [6.07, 6.45) is 1.42. The molecule has 1 amide bonds. The molecule has 0 spiro atoms. The first-order valence-corrected chi connectivity index (χ1v) is 8.69. The largest absolute Gasteiger partial charge is 0.508 e. The van der Waals surface area contributed by atoms with E-state index in [4.69, 9.17) is 9.47 Å². The average molecular weight is 392 g/mol. The zero-order chi connectivity index (χ0) is 20.8. The minimum atomic E-state index is -0.365. The maximum absolute atomic E-state index is 12.3. The lowest BCUT2D eigenvalue weighted by molar-refractivity contribution is 0.0955. The predicted molar refractivity (Wildman–Crippen MR) is 110 cm³/mol. The van der Waals surface area contributed by atoms with Gasteiger partial charge in [0.15, 0.2) is 11.5 Å². The molecule has 0 saturated heterocycles. The average Bonchev–Trinajstić information content (AvgIpc) is 2.75. The topological polar surface area (TPSA) is 100 Å². The van der Waals surface area contributed by atoms with Gasteiger partial charge in [0, 0.05) is 11.1 Å². The van der Waals surface area contributed by atoms with Gasteiger partial charge in [-0.05, 0) is 47.5 Å². The van der Waals surface area contributed by atoms with Crippen LogP contribution in [0.4, 0.5) is 0 Å². The van der Waals surface area contributed by atoms with Gasteiger partial charge in [0.05, 0.1) is 20.4 Å². The molecule has 0 aliphatic heterocycles.